The minimum absolute atomic E-state index is 0.0794. The van der Waals surface area contributed by atoms with E-state index in [0.29, 0.717) is 19.8 Å². The third kappa shape index (κ3) is 3.75. The van der Waals surface area contributed by atoms with E-state index in [4.69, 9.17) is 10.5 Å². The molecule has 2 saturated heterocycles. The van der Waals surface area contributed by atoms with Crippen LogP contribution in [0.4, 0.5) is 13.2 Å². The normalized spacial score (nSPS) is 24.0. The number of piperidine rings is 1. The lowest BCUT2D eigenvalue weighted by Crippen LogP contribution is -2.56. The number of rotatable bonds is 4. The Balaban J connectivity index is 1.39. The zero-order chi connectivity index (χ0) is 22.5. The van der Waals surface area contributed by atoms with Gasteiger partial charge in [0.25, 0.3) is 5.91 Å². The van der Waals surface area contributed by atoms with Gasteiger partial charge in [0.1, 0.15) is 0 Å². The van der Waals surface area contributed by atoms with Crippen molar-refractivity contribution >= 4 is 16.8 Å². The van der Waals surface area contributed by atoms with Gasteiger partial charge in [0.2, 0.25) is 0 Å². The number of amides is 1. The fourth-order valence-electron chi connectivity index (χ4n) is 4.98. The zero-order valence-corrected chi connectivity index (χ0v) is 17.3. The molecule has 2 aliphatic rings. The van der Waals surface area contributed by atoms with Crippen molar-refractivity contribution in [1.82, 2.24) is 14.7 Å². The van der Waals surface area contributed by atoms with Crippen molar-refractivity contribution in [3.63, 3.8) is 0 Å². The molecule has 32 heavy (non-hydrogen) atoms. The Morgan fingerprint density at radius 2 is 1.69 bits per heavy atom. The Bertz CT molecular complexity index is 1130. The number of primary amides is 1. The molecule has 2 atom stereocenters. The summed E-state index contributed by atoms with van der Waals surface area (Å²) in [6, 6.07) is 13.2. The Hall–Kier alpha value is -2.91. The average Bonchev–Trinajstić information content (AvgIpc) is 3.13. The van der Waals surface area contributed by atoms with Gasteiger partial charge < -0.3 is 10.5 Å². The van der Waals surface area contributed by atoms with Crippen LogP contribution in [0, 0.1) is 0 Å². The van der Waals surface area contributed by atoms with Gasteiger partial charge in [0.15, 0.2) is 5.69 Å². The summed E-state index contributed by atoms with van der Waals surface area (Å²) in [6.07, 6.45) is -2.81. The number of ether oxygens (including phenoxy) is 1. The molecule has 0 saturated carbocycles. The molecule has 5 rings (SSSR count). The van der Waals surface area contributed by atoms with E-state index in [-0.39, 0.29) is 23.8 Å². The van der Waals surface area contributed by atoms with Crippen LogP contribution in [-0.4, -0.2) is 45.9 Å². The topological polar surface area (TPSA) is 73.4 Å². The van der Waals surface area contributed by atoms with E-state index in [1.54, 1.807) is 12.1 Å². The van der Waals surface area contributed by atoms with E-state index >= 15 is 0 Å². The van der Waals surface area contributed by atoms with E-state index in [1.807, 2.05) is 28.9 Å². The number of halogens is 3. The van der Waals surface area contributed by atoms with E-state index in [1.165, 1.54) is 0 Å². The number of morpholine rings is 1. The molecule has 0 spiro atoms. The lowest BCUT2D eigenvalue weighted by Gasteiger charge is -2.48. The van der Waals surface area contributed by atoms with Gasteiger partial charge in [-0.25, -0.2) is 0 Å². The fourth-order valence-corrected chi connectivity index (χ4v) is 4.98. The quantitative estimate of drug-likeness (QED) is 0.665. The molecule has 2 bridgehead atoms. The lowest BCUT2D eigenvalue weighted by molar-refractivity contribution is -0.137. The Morgan fingerprint density at radius 1 is 1.03 bits per heavy atom. The smallest absolute Gasteiger partial charge is 0.378 e. The molecule has 9 heteroatoms. The van der Waals surface area contributed by atoms with Crippen molar-refractivity contribution in [3.05, 3.63) is 65.4 Å². The highest BCUT2D eigenvalue weighted by Gasteiger charge is 2.40. The first-order valence-corrected chi connectivity index (χ1v) is 10.6. The first-order chi connectivity index (χ1) is 15.3. The van der Waals surface area contributed by atoms with E-state index in [2.05, 4.69) is 10.00 Å². The average molecular weight is 444 g/mol. The molecule has 168 valence electrons. The molecule has 2 fully saturated rings. The van der Waals surface area contributed by atoms with Gasteiger partial charge >= 0.3 is 6.18 Å². The predicted molar refractivity (Wildman–Crippen MR) is 112 cm³/mol. The van der Waals surface area contributed by atoms with Gasteiger partial charge in [-0.05, 0) is 36.6 Å². The maximum atomic E-state index is 12.9. The van der Waals surface area contributed by atoms with E-state index in [0.717, 1.165) is 41.4 Å². The van der Waals surface area contributed by atoms with Crippen LogP contribution >= 0.6 is 0 Å². The zero-order valence-electron chi connectivity index (χ0n) is 17.3. The van der Waals surface area contributed by atoms with E-state index < -0.39 is 17.6 Å². The molecule has 2 unspecified atom stereocenters. The van der Waals surface area contributed by atoms with Crippen LogP contribution in [0.3, 0.4) is 0 Å². The summed E-state index contributed by atoms with van der Waals surface area (Å²) < 4.78 is 46.3. The van der Waals surface area contributed by atoms with E-state index in [9.17, 15) is 18.0 Å². The van der Waals surface area contributed by atoms with Gasteiger partial charge in [0, 0.05) is 24.0 Å². The first-order valence-electron chi connectivity index (χ1n) is 10.6. The van der Waals surface area contributed by atoms with Crippen molar-refractivity contribution in [2.75, 3.05) is 13.2 Å². The Labute approximate surface area is 182 Å². The highest BCUT2D eigenvalue weighted by atomic mass is 19.4. The maximum Gasteiger partial charge on any atom is 0.416 e. The van der Waals surface area contributed by atoms with Crippen LogP contribution in [0.25, 0.3) is 10.9 Å². The maximum absolute atomic E-state index is 12.9. The molecule has 0 aliphatic carbocycles. The summed E-state index contributed by atoms with van der Waals surface area (Å²) in [5.41, 5.74) is 6.90. The van der Waals surface area contributed by atoms with Gasteiger partial charge in [-0.15, -0.1) is 0 Å². The van der Waals surface area contributed by atoms with Crippen LogP contribution in [-0.2, 0) is 17.5 Å². The monoisotopic (exact) mass is 444 g/mol. The number of carbonyl (C=O) groups excluding carboxylic acids is 1. The van der Waals surface area contributed by atoms with Crippen LogP contribution in [0.5, 0.6) is 0 Å². The van der Waals surface area contributed by atoms with Gasteiger partial charge in [-0.1, -0.05) is 30.3 Å². The van der Waals surface area contributed by atoms with Gasteiger partial charge in [-0.3, -0.25) is 14.4 Å². The standard InChI is InChI=1S/C23H23F3N4O2/c24-23(25,26)15-7-5-14(6-8-15)11-29-17-9-16(10-18(29)13-32-12-17)30-20-4-2-1-3-19(20)21(28-30)22(27)31/h1-8,16-18H,9-13H2,(H2,27,31). The molecule has 3 aromatic rings. The second kappa shape index (κ2) is 7.90. The number of hydrogen-bond acceptors (Lipinski definition) is 4. The molecule has 2 N–H and O–H groups in total. The van der Waals surface area contributed by atoms with Crippen LogP contribution in [0.15, 0.2) is 48.5 Å². The molecule has 1 amide bonds. The number of nitrogens with two attached hydrogens (primary N) is 1. The van der Waals surface area contributed by atoms with Crippen molar-refractivity contribution in [3.8, 4) is 0 Å². The molecule has 2 aromatic carbocycles. The highest BCUT2D eigenvalue weighted by Crippen LogP contribution is 2.37. The minimum atomic E-state index is -4.34. The number of aromatic nitrogens is 2. The van der Waals surface area contributed by atoms with Gasteiger partial charge in [-0.2, -0.15) is 18.3 Å². The Kier molecular flexibility index (Phi) is 5.17. The lowest BCUT2D eigenvalue weighted by atomic mass is 9.89. The van der Waals surface area contributed by atoms with Crippen molar-refractivity contribution in [1.29, 1.82) is 0 Å². The number of hydrogen-bond donors (Lipinski definition) is 1. The minimum Gasteiger partial charge on any atom is -0.378 e. The summed E-state index contributed by atoms with van der Waals surface area (Å²) in [6.45, 7) is 1.67. The highest BCUT2D eigenvalue weighted by molar-refractivity contribution is 6.04. The second-order valence-electron chi connectivity index (χ2n) is 8.51. The number of para-hydroxylation sites is 1. The summed E-state index contributed by atoms with van der Waals surface area (Å²) in [5.74, 6) is -0.553. The van der Waals surface area contributed by atoms with Gasteiger partial charge in [0.05, 0.1) is 30.3 Å². The molecular weight excluding hydrogens is 421 g/mol. The second-order valence-corrected chi connectivity index (χ2v) is 8.51. The van der Waals surface area contributed by atoms with Crippen molar-refractivity contribution < 1.29 is 22.7 Å². The van der Waals surface area contributed by atoms with Crippen molar-refractivity contribution in [2.24, 2.45) is 5.73 Å². The number of alkyl halides is 3. The third-order valence-electron chi connectivity index (χ3n) is 6.49. The largest absolute Gasteiger partial charge is 0.416 e. The number of benzene rings is 2. The molecular formula is C23H23F3N4O2. The van der Waals surface area contributed by atoms with Crippen LogP contribution in [0.2, 0.25) is 0 Å². The summed E-state index contributed by atoms with van der Waals surface area (Å²) >= 11 is 0. The molecule has 6 nitrogen and oxygen atoms in total. The van der Waals surface area contributed by atoms with Crippen LogP contribution in [0.1, 0.15) is 40.5 Å². The SMILES string of the molecule is NC(=O)c1nn(C2CC3COCC(C2)N3Cc2ccc(C(F)(F)F)cc2)c2ccccc12. The number of nitrogens with zero attached hydrogens (tertiary/aromatic N) is 3. The molecule has 0 radical (unpaired) electrons. The number of carbonyl (C=O) groups is 1. The van der Waals surface area contributed by atoms with Crippen LogP contribution < -0.4 is 5.73 Å². The predicted octanol–water partition coefficient (Wildman–Crippen LogP) is 3.76. The summed E-state index contributed by atoms with van der Waals surface area (Å²) in [4.78, 5) is 14.2. The molecule has 2 aliphatic heterocycles. The number of fused-ring (bicyclic) bond motifs is 3. The van der Waals surface area contributed by atoms with Crippen molar-refractivity contribution in [2.45, 2.75) is 43.7 Å². The third-order valence-corrected chi connectivity index (χ3v) is 6.49. The summed E-state index contributed by atoms with van der Waals surface area (Å²) in [7, 11) is 0. The summed E-state index contributed by atoms with van der Waals surface area (Å²) in [5, 5.41) is 5.30. The molecule has 1 aromatic heterocycles. The molecule has 3 heterocycles. The fraction of sp³-hybridized carbons (Fsp3) is 0.391. The Morgan fingerprint density at radius 3 is 2.31 bits per heavy atom. The first kappa shape index (κ1) is 21.0.